The van der Waals surface area contributed by atoms with Crippen molar-refractivity contribution in [2.45, 2.75) is 37.5 Å². The number of hydrogen-bond acceptors (Lipinski definition) is 6. The van der Waals surface area contributed by atoms with E-state index in [0.717, 1.165) is 21.2 Å². The van der Waals surface area contributed by atoms with Crippen molar-refractivity contribution in [3.8, 4) is 0 Å². The fourth-order valence-corrected chi connectivity index (χ4v) is 5.28. The third kappa shape index (κ3) is 5.49. The molecule has 166 valence electrons. The molecule has 4 rings (SSSR count). The number of aromatic nitrogens is 2. The van der Waals surface area contributed by atoms with Gasteiger partial charge in [-0.3, -0.25) is 9.59 Å². The Hall–Kier alpha value is -2.42. The Balaban J connectivity index is 1.30. The molecule has 32 heavy (non-hydrogen) atoms. The number of benzene rings is 2. The lowest BCUT2D eigenvalue weighted by molar-refractivity contribution is -0.117. The number of halogens is 1. The molecule has 2 aromatic carbocycles. The highest BCUT2D eigenvalue weighted by Crippen LogP contribution is 2.35. The molecule has 1 aliphatic heterocycles. The molecule has 3 aromatic rings. The predicted molar refractivity (Wildman–Crippen MR) is 131 cm³/mol. The second-order valence-electron chi connectivity index (χ2n) is 7.74. The van der Waals surface area contributed by atoms with Crippen molar-refractivity contribution >= 4 is 57.3 Å². The first-order chi connectivity index (χ1) is 15.4. The summed E-state index contributed by atoms with van der Waals surface area (Å²) in [6, 6.07) is 13.9. The predicted octanol–water partition coefficient (Wildman–Crippen LogP) is 5.45. The van der Waals surface area contributed by atoms with E-state index in [9.17, 15) is 9.59 Å². The molecule has 0 saturated carbocycles. The number of rotatable bonds is 7. The largest absolute Gasteiger partial charge is 0.312 e. The summed E-state index contributed by atoms with van der Waals surface area (Å²) >= 11 is 9.20. The Morgan fingerprint density at radius 3 is 2.75 bits per heavy atom. The van der Waals surface area contributed by atoms with Gasteiger partial charge in [0.15, 0.2) is 0 Å². The van der Waals surface area contributed by atoms with Crippen LogP contribution in [0.15, 0.2) is 47.4 Å². The van der Waals surface area contributed by atoms with Gasteiger partial charge in [-0.15, -0.1) is 22.0 Å². The Morgan fingerprint density at radius 2 is 2.00 bits per heavy atom. The van der Waals surface area contributed by atoms with E-state index in [1.807, 2.05) is 25.1 Å². The highest BCUT2D eigenvalue weighted by atomic mass is 35.5. The van der Waals surface area contributed by atoms with Crippen LogP contribution in [-0.2, 0) is 9.59 Å². The molecule has 1 saturated heterocycles. The number of nitrogens with one attached hydrogen (secondary N) is 1. The fourth-order valence-electron chi connectivity index (χ4n) is 3.40. The highest BCUT2D eigenvalue weighted by molar-refractivity contribution is 7.99. The average Bonchev–Trinajstić information content (AvgIpc) is 3.38. The van der Waals surface area contributed by atoms with E-state index in [2.05, 4.69) is 46.7 Å². The van der Waals surface area contributed by atoms with Crippen LogP contribution in [0.25, 0.3) is 0 Å². The molecule has 0 spiro atoms. The number of amides is 2. The van der Waals surface area contributed by atoms with Crippen LogP contribution in [0, 0.1) is 13.8 Å². The summed E-state index contributed by atoms with van der Waals surface area (Å²) in [7, 11) is 0. The molecule has 1 unspecified atom stereocenters. The zero-order chi connectivity index (χ0) is 22.7. The van der Waals surface area contributed by atoms with Crippen LogP contribution in [0.3, 0.4) is 0 Å². The maximum atomic E-state index is 12.6. The molecular formula is C23H23ClN4O2S2. The molecule has 0 aliphatic carbocycles. The number of thioether (sulfide) groups is 1. The third-order valence-corrected chi connectivity index (χ3v) is 7.67. The van der Waals surface area contributed by atoms with Gasteiger partial charge in [0.2, 0.25) is 16.9 Å². The van der Waals surface area contributed by atoms with E-state index >= 15 is 0 Å². The van der Waals surface area contributed by atoms with E-state index in [1.165, 1.54) is 16.9 Å². The summed E-state index contributed by atoms with van der Waals surface area (Å²) in [5.41, 5.74) is 2.98. The summed E-state index contributed by atoms with van der Waals surface area (Å²) in [5, 5.41) is 13.0. The zero-order valence-electron chi connectivity index (χ0n) is 17.8. The van der Waals surface area contributed by atoms with Crippen molar-refractivity contribution in [2.24, 2.45) is 0 Å². The van der Waals surface area contributed by atoms with Crippen molar-refractivity contribution in [2.75, 3.05) is 22.5 Å². The van der Waals surface area contributed by atoms with Gasteiger partial charge in [0, 0.05) is 46.7 Å². The highest BCUT2D eigenvalue weighted by Gasteiger charge is 2.34. The molecule has 0 radical (unpaired) electrons. The van der Waals surface area contributed by atoms with E-state index in [-0.39, 0.29) is 17.7 Å². The first kappa shape index (κ1) is 22.8. The Labute approximate surface area is 200 Å². The van der Waals surface area contributed by atoms with E-state index in [4.69, 9.17) is 11.6 Å². The van der Waals surface area contributed by atoms with Gasteiger partial charge < -0.3 is 10.2 Å². The number of anilines is 2. The van der Waals surface area contributed by atoms with Gasteiger partial charge in [-0.1, -0.05) is 46.7 Å². The standard InChI is InChI=1S/C23H23ClN4O2S2/c1-14-3-7-18(8-4-14)31-10-9-20(29)25-23-27-26-22(32-23)16-11-21(30)28(13-16)17-6-5-15(2)19(24)12-17/h3-8,12,16H,9-11,13H2,1-2H3,(H,25,27,29). The fraction of sp³-hybridized carbons (Fsp3) is 0.304. The van der Waals surface area contributed by atoms with Crippen LogP contribution in [0.1, 0.15) is 34.9 Å². The summed E-state index contributed by atoms with van der Waals surface area (Å²) in [5.74, 6) is 0.573. The topological polar surface area (TPSA) is 75.2 Å². The number of aryl methyl sites for hydroxylation is 2. The minimum Gasteiger partial charge on any atom is -0.312 e. The smallest absolute Gasteiger partial charge is 0.227 e. The quantitative estimate of drug-likeness (QED) is 0.449. The van der Waals surface area contributed by atoms with Gasteiger partial charge in [-0.2, -0.15) is 0 Å². The molecule has 1 fully saturated rings. The van der Waals surface area contributed by atoms with Crippen molar-refractivity contribution in [1.82, 2.24) is 10.2 Å². The van der Waals surface area contributed by atoms with Gasteiger partial charge >= 0.3 is 0 Å². The van der Waals surface area contributed by atoms with Crippen LogP contribution in [0.2, 0.25) is 5.02 Å². The van der Waals surface area contributed by atoms with Gasteiger partial charge in [0.25, 0.3) is 0 Å². The maximum Gasteiger partial charge on any atom is 0.227 e. The van der Waals surface area contributed by atoms with Crippen LogP contribution in [-0.4, -0.2) is 34.3 Å². The lowest BCUT2D eigenvalue weighted by atomic mass is 10.1. The van der Waals surface area contributed by atoms with Gasteiger partial charge in [-0.25, -0.2) is 0 Å². The molecule has 6 nitrogen and oxygen atoms in total. The molecule has 2 heterocycles. The maximum absolute atomic E-state index is 12.6. The monoisotopic (exact) mass is 486 g/mol. The molecule has 1 N–H and O–H groups in total. The van der Waals surface area contributed by atoms with Crippen LogP contribution in [0.4, 0.5) is 10.8 Å². The lowest BCUT2D eigenvalue weighted by Crippen LogP contribution is -2.24. The minimum absolute atomic E-state index is 0.0313. The van der Waals surface area contributed by atoms with Gasteiger partial charge in [0.1, 0.15) is 5.01 Å². The summed E-state index contributed by atoms with van der Waals surface area (Å²) < 4.78 is 0. The Morgan fingerprint density at radius 1 is 1.22 bits per heavy atom. The van der Waals surface area contributed by atoms with Gasteiger partial charge in [0.05, 0.1) is 0 Å². The summed E-state index contributed by atoms with van der Waals surface area (Å²) in [4.78, 5) is 27.7. The minimum atomic E-state index is -0.0919. The van der Waals surface area contributed by atoms with Crippen LogP contribution in [0.5, 0.6) is 0 Å². The molecular weight excluding hydrogens is 464 g/mol. The SMILES string of the molecule is Cc1ccc(SCCC(=O)Nc2nnc(C3CC(=O)N(c4ccc(C)c(Cl)c4)C3)s2)cc1. The molecule has 1 atom stereocenters. The van der Waals surface area contributed by atoms with Crippen LogP contribution >= 0.6 is 34.7 Å². The molecule has 9 heteroatoms. The van der Waals surface area contributed by atoms with E-state index in [1.54, 1.807) is 16.7 Å². The van der Waals surface area contributed by atoms with Crippen LogP contribution < -0.4 is 10.2 Å². The molecule has 2 amide bonds. The van der Waals surface area contributed by atoms with Crippen molar-refractivity contribution < 1.29 is 9.59 Å². The average molecular weight is 487 g/mol. The second kappa shape index (κ2) is 10.0. The Kier molecular flexibility index (Phi) is 7.13. The molecule has 0 bridgehead atoms. The first-order valence-electron chi connectivity index (χ1n) is 10.3. The van der Waals surface area contributed by atoms with Gasteiger partial charge in [-0.05, 0) is 43.7 Å². The molecule has 1 aromatic heterocycles. The molecule has 1 aliphatic rings. The zero-order valence-corrected chi connectivity index (χ0v) is 20.2. The van der Waals surface area contributed by atoms with Crippen molar-refractivity contribution in [3.05, 3.63) is 63.6 Å². The summed E-state index contributed by atoms with van der Waals surface area (Å²) in [6.45, 7) is 4.50. The summed E-state index contributed by atoms with van der Waals surface area (Å²) in [6.07, 6.45) is 0.749. The number of hydrogen-bond donors (Lipinski definition) is 1. The van der Waals surface area contributed by atoms with E-state index < -0.39 is 0 Å². The Bertz CT molecular complexity index is 1130. The number of carbonyl (C=O) groups is 2. The second-order valence-corrected chi connectivity index (χ2v) is 10.3. The number of carbonyl (C=O) groups excluding carboxylic acids is 2. The van der Waals surface area contributed by atoms with Crippen molar-refractivity contribution in [3.63, 3.8) is 0 Å². The lowest BCUT2D eigenvalue weighted by Gasteiger charge is -2.17. The van der Waals surface area contributed by atoms with Crippen molar-refractivity contribution in [1.29, 1.82) is 0 Å². The van der Waals surface area contributed by atoms with E-state index in [0.29, 0.717) is 35.3 Å². The first-order valence-corrected chi connectivity index (χ1v) is 12.5. The number of nitrogens with zero attached hydrogens (tertiary/aromatic N) is 3. The normalized spacial score (nSPS) is 15.9. The third-order valence-electron chi connectivity index (χ3n) is 5.25.